The fourth-order valence-electron chi connectivity index (χ4n) is 4.73. The molecule has 6 rings (SSSR count). The molecule has 212 valence electrons. The largest absolute Gasteiger partial charge is 0.305 e. The Bertz CT molecular complexity index is 2730. The quantitative estimate of drug-likeness (QED) is 0.253. The lowest BCUT2D eigenvalue weighted by molar-refractivity contribution is 1.03. The van der Waals surface area contributed by atoms with Gasteiger partial charge in [0.25, 0.3) is 0 Å². The van der Waals surface area contributed by atoms with Crippen molar-refractivity contribution in [2.45, 2.75) is 6.92 Å². The molecule has 14 nitrogen and oxygen atoms in total. The predicted octanol–water partition coefficient (Wildman–Crippen LogP) is 3.37. The van der Waals surface area contributed by atoms with Crippen LogP contribution in [0.2, 0.25) is 0 Å². The van der Waals surface area contributed by atoms with Crippen molar-refractivity contribution in [2.24, 2.45) is 20.0 Å². The highest BCUT2D eigenvalue weighted by Gasteiger charge is 2.23. The van der Waals surface area contributed by atoms with Gasteiger partial charge in [0.05, 0.1) is 53.5 Å². The molecule has 0 saturated carbocycles. The summed E-state index contributed by atoms with van der Waals surface area (Å²) >= 11 is 0. The Morgan fingerprint density at radius 3 is 2.17 bits per heavy atom. The van der Waals surface area contributed by atoms with Gasteiger partial charge in [-0.25, -0.2) is 54.7 Å². The van der Waals surface area contributed by atoms with E-state index in [1.54, 1.807) is 25.1 Å². The van der Waals surface area contributed by atoms with E-state index in [-0.39, 0.29) is 84.7 Å². The van der Waals surface area contributed by atoms with E-state index in [2.05, 4.69) is 61.6 Å². The van der Waals surface area contributed by atoms with Crippen molar-refractivity contribution in [3.63, 3.8) is 0 Å². The Hall–Kier alpha value is -8.22. The molecule has 0 spiro atoms. The van der Waals surface area contributed by atoms with Crippen molar-refractivity contribution in [2.75, 3.05) is 0 Å². The summed E-state index contributed by atoms with van der Waals surface area (Å²) in [5.41, 5.74) is 1.17. The molecule has 0 amide bonds. The number of allylic oxidation sites excluding steroid dienone is 2. The molecule has 2 aliphatic heterocycles. The van der Waals surface area contributed by atoms with Crippen LogP contribution in [0.5, 0.6) is 0 Å². The third kappa shape index (κ3) is 4.86. The van der Waals surface area contributed by atoms with Gasteiger partial charge < -0.3 is 0 Å². The van der Waals surface area contributed by atoms with Crippen molar-refractivity contribution < 1.29 is 0 Å². The molecule has 2 aliphatic rings. The van der Waals surface area contributed by atoms with Crippen LogP contribution in [0.4, 0.5) is 11.4 Å². The Morgan fingerprint density at radius 1 is 0.723 bits per heavy atom. The fraction of sp³-hybridized carbons (Fsp3) is 0.0303. The van der Waals surface area contributed by atoms with Crippen LogP contribution >= 0.6 is 0 Å². The summed E-state index contributed by atoms with van der Waals surface area (Å²) in [4.78, 5) is 41.1. The Labute approximate surface area is 264 Å². The summed E-state index contributed by atoms with van der Waals surface area (Å²) in [7, 11) is 0. The molecule has 3 aromatic carbocycles. The van der Waals surface area contributed by atoms with Gasteiger partial charge in [0.2, 0.25) is 5.69 Å². The van der Waals surface area contributed by atoms with E-state index in [0.29, 0.717) is 10.7 Å². The molecule has 0 radical (unpaired) electrons. The zero-order chi connectivity index (χ0) is 33.2. The van der Waals surface area contributed by atoms with Gasteiger partial charge in [0.1, 0.15) is 23.1 Å². The van der Waals surface area contributed by atoms with E-state index in [1.165, 1.54) is 30.3 Å². The maximum absolute atomic E-state index is 10.4. The lowest BCUT2D eigenvalue weighted by Crippen LogP contribution is -2.25. The summed E-state index contributed by atoms with van der Waals surface area (Å²) in [6.45, 7) is 24.0. The molecule has 3 heterocycles. The summed E-state index contributed by atoms with van der Waals surface area (Å²) in [6, 6.07) is 18.6. The van der Waals surface area contributed by atoms with Gasteiger partial charge in [-0.1, -0.05) is 12.1 Å². The van der Waals surface area contributed by atoms with Crippen molar-refractivity contribution in [3.05, 3.63) is 138 Å². The number of hydrogen-bond donors (Lipinski definition) is 0. The van der Waals surface area contributed by atoms with Gasteiger partial charge in [-0.2, -0.15) is 15.8 Å². The average molecular weight is 603 g/mol. The number of fused-ring (bicyclic) bond motifs is 2. The minimum absolute atomic E-state index is 0.0228. The highest BCUT2D eigenvalue weighted by Crippen LogP contribution is 2.29. The van der Waals surface area contributed by atoms with Crippen LogP contribution < -0.4 is 21.4 Å². The molecule has 0 saturated heterocycles. The van der Waals surface area contributed by atoms with Crippen LogP contribution in [0.25, 0.3) is 42.9 Å². The Kier molecular flexibility index (Phi) is 7.04. The standard InChI is InChI=1S/C33H10N14/c1-16-5-7-23(39-3)28-26(16)42-31(44-28)22(14-36)32-46-29(18-9-17(12-34)10-19(11-18)38-2)45-30(47-32)20-6-8-24-27(21(20)13-35)43-33(41-24)25(15-37)40-4/h5-11H,1H3/b31-22-,33-25+. The van der Waals surface area contributed by atoms with Crippen molar-refractivity contribution in [3.8, 4) is 47.1 Å². The molecule has 14 heteroatoms. The molecular formula is C33H10N14. The van der Waals surface area contributed by atoms with Crippen LogP contribution in [0, 0.1) is 72.0 Å². The lowest BCUT2D eigenvalue weighted by atomic mass is 10.1. The van der Waals surface area contributed by atoms with Crippen LogP contribution in [0.15, 0.2) is 79.8 Å². The van der Waals surface area contributed by atoms with Crippen LogP contribution in [-0.2, 0) is 0 Å². The molecule has 0 N–H and O–H groups in total. The maximum atomic E-state index is 10.4. The average Bonchev–Trinajstić information content (AvgIpc) is 3.74. The maximum Gasteiger partial charge on any atom is 0.305 e. The van der Waals surface area contributed by atoms with E-state index in [1.807, 2.05) is 6.07 Å². The molecule has 0 bridgehead atoms. The summed E-state index contributed by atoms with van der Waals surface area (Å²) in [5, 5.41) is 40.5. The zero-order valence-electron chi connectivity index (χ0n) is 23.8. The number of aryl methyl sites for hydroxylation is 1. The molecule has 0 aliphatic carbocycles. The first kappa shape index (κ1) is 28.9. The van der Waals surface area contributed by atoms with E-state index in [9.17, 15) is 21.0 Å². The van der Waals surface area contributed by atoms with E-state index >= 15 is 0 Å². The fourth-order valence-corrected chi connectivity index (χ4v) is 4.73. The molecular weight excluding hydrogens is 592 g/mol. The third-order valence-electron chi connectivity index (χ3n) is 6.90. The molecule has 0 unspecified atom stereocenters. The van der Waals surface area contributed by atoms with Crippen molar-refractivity contribution >= 4 is 16.9 Å². The van der Waals surface area contributed by atoms with Gasteiger partial charge >= 0.3 is 5.70 Å². The summed E-state index contributed by atoms with van der Waals surface area (Å²) in [6.07, 6.45) is 0. The second-order valence-electron chi connectivity index (χ2n) is 9.63. The smallest absolute Gasteiger partial charge is 0.238 e. The molecule has 47 heavy (non-hydrogen) atoms. The van der Waals surface area contributed by atoms with Crippen LogP contribution in [0.3, 0.4) is 0 Å². The number of hydrogen-bond acceptors (Lipinski definition) is 11. The SMILES string of the molecule is [C-]#[N+]/C(C#N)=C1\N=c2ccc(-c3nc(/C(C#N)=C4/N=c5c(C)ccc([N+]#[C-])c5=N4)nc(-c4cc(C#N)cc([N+]#[C-])c4)n3)c(C#N)c2=N1. The second kappa shape index (κ2) is 11.5. The minimum Gasteiger partial charge on any atom is -0.238 e. The summed E-state index contributed by atoms with van der Waals surface area (Å²) in [5.74, 6) is -0.462. The number of rotatable bonds is 3. The first-order valence-corrected chi connectivity index (χ1v) is 13.2. The van der Waals surface area contributed by atoms with Crippen molar-refractivity contribution in [1.82, 2.24) is 15.0 Å². The normalized spacial score (nSPS) is 13.8. The molecule has 1 aromatic heterocycles. The van der Waals surface area contributed by atoms with Gasteiger partial charge in [0, 0.05) is 16.7 Å². The van der Waals surface area contributed by atoms with Crippen LogP contribution in [0.1, 0.15) is 22.5 Å². The zero-order valence-corrected chi connectivity index (χ0v) is 23.8. The number of nitrogens with zero attached hydrogens (tertiary/aromatic N) is 14. The van der Waals surface area contributed by atoms with E-state index in [0.717, 1.165) is 5.56 Å². The Morgan fingerprint density at radius 2 is 1.49 bits per heavy atom. The third-order valence-corrected chi connectivity index (χ3v) is 6.90. The minimum atomic E-state index is -0.351. The van der Waals surface area contributed by atoms with Crippen LogP contribution in [-0.4, -0.2) is 15.0 Å². The van der Waals surface area contributed by atoms with E-state index < -0.39 is 0 Å². The number of benzene rings is 3. The Balaban J connectivity index is 1.68. The topological polar surface area (TPSA) is 196 Å². The lowest BCUT2D eigenvalue weighted by Gasteiger charge is -2.09. The van der Waals surface area contributed by atoms with Gasteiger partial charge in [-0.3, -0.25) is 0 Å². The molecule has 0 fully saturated rings. The van der Waals surface area contributed by atoms with Crippen molar-refractivity contribution in [1.29, 1.82) is 21.0 Å². The van der Waals surface area contributed by atoms with Gasteiger partial charge in [0.15, 0.2) is 34.8 Å². The molecule has 4 aromatic rings. The summed E-state index contributed by atoms with van der Waals surface area (Å²) < 4.78 is 0. The highest BCUT2D eigenvalue weighted by molar-refractivity contribution is 5.78. The first-order chi connectivity index (χ1) is 22.8. The second-order valence-corrected chi connectivity index (χ2v) is 9.63. The number of nitriles is 4. The highest BCUT2D eigenvalue weighted by atomic mass is 15.1. The molecule has 0 atom stereocenters. The van der Waals surface area contributed by atoms with Gasteiger partial charge in [-0.15, -0.1) is 0 Å². The van der Waals surface area contributed by atoms with Gasteiger partial charge in [-0.05, 0) is 42.8 Å². The van der Waals surface area contributed by atoms with E-state index in [4.69, 9.17) is 19.7 Å². The predicted molar refractivity (Wildman–Crippen MR) is 160 cm³/mol. The first-order valence-electron chi connectivity index (χ1n) is 13.2. The number of aromatic nitrogens is 3. The monoisotopic (exact) mass is 602 g/mol.